The standard InChI is InChI=1S/C35H34F2N6O13P2S.H3N/c1-50-22-8-6-20(7-9-22)29(46)19-4-2-18(3-5-19)15-59-58(49)52-14-24-30(27(37)34(54-24)42-11-10-21(44)12-25(42)45)55-57(47,48)51-13-23-26(36)31(56-58)35(53-23)43-17-41-28-32(38)39-16-40-33(28)43;/h2-11,16-17,23-24,26-27,30-31,34-35H,12-15H2,1H3,(H,47,48)(H2,38,39,40);1H3/t23-,24-,26-,27-,30-,31-,34-,35-,58?;/m1./s1. The molecule has 20 nitrogen and oxygen atoms in total. The zero-order chi connectivity index (χ0) is 41.6. The van der Waals surface area contributed by atoms with E-state index >= 15 is 8.78 Å². The minimum Gasteiger partial charge on any atom is -0.756 e. The predicted octanol–water partition coefficient (Wildman–Crippen LogP) is 3.96. The smallest absolute Gasteiger partial charge is 0.390 e. The van der Waals surface area contributed by atoms with Crippen LogP contribution >= 0.6 is 26.0 Å². The first kappa shape index (κ1) is 43.6. The third kappa shape index (κ3) is 8.79. The molecule has 4 aliphatic rings. The Bertz CT molecular complexity index is 2400. The average molecular weight is 896 g/mol. The third-order valence-corrected chi connectivity index (χ3v) is 14.4. The first-order valence-electron chi connectivity index (χ1n) is 17.8. The van der Waals surface area contributed by atoms with Crippen LogP contribution in [0.3, 0.4) is 0 Å². The summed E-state index contributed by atoms with van der Waals surface area (Å²) in [5.74, 6) is -1.20. The number of alkyl halides is 2. The highest BCUT2D eigenvalue weighted by Gasteiger charge is 2.55. The van der Waals surface area contributed by atoms with E-state index in [1.165, 1.54) is 18.0 Å². The number of allylic oxidation sites excluding steroid dienone is 1. The van der Waals surface area contributed by atoms with E-state index in [1.54, 1.807) is 48.5 Å². The number of hydrogen-bond donors (Lipinski definition) is 2. The number of anilines is 1. The zero-order valence-corrected chi connectivity index (χ0v) is 34.2. The molecule has 6 N–H and O–H groups in total. The number of imidazole rings is 1. The van der Waals surface area contributed by atoms with Gasteiger partial charge in [0, 0.05) is 23.1 Å². The topological polar surface area (TPSA) is 282 Å². The number of nitrogen functional groups attached to an aromatic ring is 1. The van der Waals surface area contributed by atoms with Crippen molar-refractivity contribution in [3.05, 3.63) is 90.2 Å². The summed E-state index contributed by atoms with van der Waals surface area (Å²) in [7, 11) is -4.00. The van der Waals surface area contributed by atoms with Crippen LogP contribution in [0.4, 0.5) is 14.6 Å². The van der Waals surface area contributed by atoms with Crippen LogP contribution in [-0.2, 0) is 52.0 Å². The molecule has 60 heavy (non-hydrogen) atoms. The van der Waals surface area contributed by atoms with Crippen LogP contribution < -0.4 is 21.5 Å². The predicted molar refractivity (Wildman–Crippen MR) is 205 cm³/mol. The normalized spacial score (nSPS) is 32.1. The molecule has 10 atom stereocenters. The number of aromatic nitrogens is 4. The fraction of sp³-hybridized carbons (Fsp3) is 0.371. The maximum atomic E-state index is 16.5. The summed E-state index contributed by atoms with van der Waals surface area (Å²) < 4.78 is 101. The van der Waals surface area contributed by atoms with Gasteiger partial charge in [-0.25, -0.2) is 28.3 Å². The van der Waals surface area contributed by atoms with Crippen LogP contribution in [0.2, 0.25) is 0 Å². The number of halogens is 2. The van der Waals surface area contributed by atoms with Gasteiger partial charge in [0.15, 0.2) is 47.8 Å². The number of hydrogen-bond acceptors (Lipinski definition) is 18. The highest BCUT2D eigenvalue weighted by atomic mass is 32.7. The maximum absolute atomic E-state index is 16.5. The molecule has 0 spiro atoms. The first-order valence-corrected chi connectivity index (χ1v) is 22.4. The molecule has 2 aromatic heterocycles. The van der Waals surface area contributed by atoms with Crippen LogP contribution in [0, 0.1) is 0 Å². The molecule has 4 aliphatic heterocycles. The molecule has 2 aromatic carbocycles. The van der Waals surface area contributed by atoms with Gasteiger partial charge in [0.1, 0.15) is 42.0 Å². The fourth-order valence-electron chi connectivity index (χ4n) is 6.74. The number of nitrogens with two attached hydrogens (primary N) is 1. The van der Waals surface area contributed by atoms with E-state index in [9.17, 15) is 28.4 Å². The molecule has 2 unspecified atom stereocenters. The number of fused-ring (bicyclic) bond motifs is 4. The first-order chi connectivity index (χ1) is 28.2. The second-order valence-electron chi connectivity index (χ2n) is 13.5. The molecule has 0 radical (unpaired) electrons. The molecule has 320 valence electrons. The number of rotatable bonds is 8. The molecule has 0 saturated carbocycles. The van der Waals surface area contributed by atoms with Gasteiger partial charge in [0.2, 0.25) is 5.91 Å². The number of nitrogens with zero attached hydrogens (tertiary/aromatic N) is 5. The van der Waals surface area contributed by atoms with Gasteiger partial charge in [-0.15, -0.1) is 0 Å². The van der Waals surface area contributed by atoms with E-state index in [0.717, 1.165) is 23.5 Å². The Morgan fingerprint density at radius 3 is 2.32 bits per heavy atom. The van der Waals surface area contributed by atoms with Gasteiger partial charge in [-0.2, -0.15) is 0 Å². The van der Waals surface area contributed by atoms with Crippen molar-refractivity contribution < 1.29 is 69.5 Å². The van der Waals surface area contributed by atoms with Gasteiger partial charge in [0.05, 0.1) is 33.1 Å². The minimum absolute atomic E-state index is 0. The Kier molecular flexibility index (Phi) is 12.7. The van der Waals surface area contributed by atoms with Crippen molar-refractivity contribution in [3.63, 3.8) is 0 Å². The maximum Gasteiger partial charge on any atom is 0.390 e. The van der Waals surface area contributed by atoms with E-state index in [-0.39, 0.29) is 34.7 Å². The van der Waals surface area contributed by atoms with E-state index in [4.69, 9.17) is 38.0 Å². The van der Waals surface area contributed by atoms with Crippen molar-refractivity contribution in [2.45, 2.75) is 61.4 Å². The van der Waals surface area contributed by atoms with Crippen LogP contribution in [0.15, 0.2) is 73.5 Å². The zero-order valence-electron chi connectivity index (χ0n) is 31.6. The Hall–Kier alpha value is -4.51. The molecular formula is C35H37F2N7O13P2S. The fourth-order valence-corrected chi connectivity index (χ4v) is 11.0. The number of carbonyl (C=O) groups excluding carboxylic acids is 3. The summed E-state index contributed by atoms with van der Waals surface area (Å²) >= 11 is 0.601. The Morgan fingerprint density at radius 1 is 0.933 bits per heavy atom. The van der Waals surface area contributed by atoms with Gasteiger partial charge in [-0.3, -0.25) is 37.5 Å². The van der Waals surface area contributed by atoms with Crippen molar-refractivity contribution in [1.29, 1.82) is 0 Å². The summed E-state index contributed by atoms with van der Waals surface area (Å²) in [5.41, 5.74) is 7.44. The lowest BCUT2D eigenvalue weighted by Gasteiger charge is -2.30. The second kappa shape index (κ2) is 17.5. The average Bonchev–Trinajstić information content (AvgIpc) is 3.88. The molecule has 4 aromatic rings. The molecule has 25 heteroatoms. The molecule has 6 heterocycles. The quantitative estimate of drug-likeness (QED) is 0.144. The lowest BCUT2D eigenvalue weighted by Crippen LogP contribution is -2.45. The Balaban J connectivity index is 0.00000544. The lowest BCUT2D eigenvalue weighted by molar-refractivity contribution is -0.235. The van der Waals surface area contributed by atoms with Crippen molar-refractivity contribution in [2.24, 2.45) is 0 Å². The molecule has 1 amide bonds. The van der Waals surface area contributed by atoms with Crippen LogP contribution in [0.5, 0.6) is 5.75 Å². The van der Waals surface area contributed by atoms with Crippen molar-refractivity contribution in [3.8, 4) is 5.75 Å². The summed E-state index contributed by atoms with van der Waals surface area (Å²) in [6, 6.07) is 12.9. The number of benzene rings is 2. The van der Waals surface area contributed by atoms with E-state index in [2.05, 4.69) is 15.0 Å². The summed E-state index contributed by atoms with van der Waals surface area (Å²) in [4.78, 5) is 63.8. The van der Waals surface area contributed by atoms with Crippen molar-refractivity contribution in [1.82, 2.24) is 30.6 Å². The monoisotopic (exact) mass is 895 g/mol. The number of amides is 1. The van der Waals surface area contributed by atoms with Gasteiger partial charge >= 0.3 is 6.80 Å². The van der Waals surface area contributed by atoms with Crippen LogP contribution in [-0.4, -0.2) is 105 Å². The molecule has 8 rings (SSSR count). The number of quaternary nitrogens is 1. The van der Waals surface area contributed by atoms with E-state index in [1.807, 2.05) is 0 Å². The van der Waals surface area contributed by atoms with Gasteiger partial charge in [0.25, 0.3) is 7.82 Å². The summed E-state index contributed by atoms with van der Waals surface area (Å²) in [6.45, 7) is -6.53. The van der Waals surface area contributed by atoms with Gasteiger partial charge in [-0.1, -0.05) is 24.3 Å². The largest absolute Gasteiger partial charge is 0.756 e. The molecule has 3 saturated heterocycles. The van der Waals surface area contributed by atoms with Crippen LogP contribution in [0.1, 0.15) is 34.1 Å². The number of phosphoric ester groups is 1. The number of phosphoric acid groups is 1. The van der Waals surface area contributed by atoms with Gasteiger partial charge < -0.3 is 40.0 Å². The Labute approximate surface area is 343 Å². The second-order valence-corrected chi connectivity index (χ2v) is 18.9. The van der Waals surface area contributed by atoms with Crippen molar-refractivity contribution in [2.75, 3.05) is 26.1 Å². The number of ketones is 2. The highest BCUT2D eigenvalue weighted by Crippen LogP contribution is 2.65. The Morgan fingerprint density at radius 2 is 1.62 bits per heavy atom. The summed E-state index contributed by atoms with van der Waals surface area (Å²) in [5, 5.41) is 0. The van der Waals surface area contributed by atoms with Gasteiger partial charge in [-0.05, 0) is 47.3 Å². The summed E-state index contributed by atoms with van der Waals surface area (Å²) in [6.07, 6.45) is -11.4. The number of carbonyl (C=O) groups is 3. The number of methoxy groups -OCH3 is 1. The minimum atomic E-state index is -5.50. The lowest BCUT2D eigenvalue weighted by atomic mass is 10.0. The highest BCUT2D eigenvalue weighted by molar-refractivity contribution is 8.54. The van der Waals surface area contributed by atoms with E-state index < -0.39 is 95.2 Å². The molecule has 2 bridgehead atoms. The van der Waals surface area contributed by atoms with E-state index in [0.29, 0.717) is 33.8 Å². The van der Waals surface area contributed by atoms with Crippen molar-refractivity contribution >= 4 is 60.5 Å². The third-order valence-electron chi connectivity index (χ3n) is 9.75. The number of ether oxygens (including phenoxy) is 3. The molecule has 0 aliphatic carbocycles. The molecular weight excluding hydrogens is 858 g/mol. The molecule has 3 fully saturated rings. The SMILES string of the molecule is COc1ccc(C(=O)c2ccc(CSP3(=O)OC[C@H]4O[C@@H](N5C=CC(=O)CC5=O)[C@H](F)[C@@H]4OP(=O)([O-])OC[C@H]4O[C@@H](n5cnc6c(N)ncnc65)[C@H](O3)[C@@H]4F)cc2)cc1.[NH4+]. The van der Waals surface area contributed by atoms with Crippen LogP contribution in [0.25, 0.3) is 11.2 Å².